The monoisotopic (exact) mass is 202 g/mol. The molecule has 3 heteroatoms. The maximum Gasteiger partial charge on any atom is 0.217 e. The summed E-state index contributed by atoms with van der Waals surface area (Å²) in [6, 6.07) is 11.9. The van der Waals surface area contributed by atoms with E-state index in [-0.39, 0.29) is 18.2 Å². The molecule has 1 aromatic rings. The highest BCUT2D eigenvalue weighted by molar-refractivity contribution is 5.74. The van der Waals surface area contributed by atoms with E-state index in [9.17, 15) is 4.79 Å². The molecule has 0 spiro atoms. The first-order valence-electron chi connectivity index (χ1n) is 4.91. The predicted octanol–water partition coefficient (Wildman–Crippen LogP) is 1.63. The van der Waals surface area contributed by atoms with Crippen LogP contribution >= 0.6 is 0 Å². The van der Waals surface area contributed by atoms with Gasteiger partial charge < -0.3 is 5.73 Å². The van der Waals surface area contributed by atoms with Gasteiger partial charge in [-0.25, -0.2) is 0 Å². The van der Waals surface area contributed by atoms with Gasteiger partial charge in [-0.05, 0) is 17.9 Å². The van der Waals surface area contributed by atoms with E-state index in [0.717, 1.165) is 12.0 Å². The topological polar surface area (TPSA) is 66.9 Å². The molecule has 0 saturated carbocycles. The summed E-state index contributed by atoms with van der Waals surface area (Å²) in [7, 11) is 0. The zero-order chi connectivity index (χ0) is 11.1. The molecule has 0 aliphatic rings. The average Bonchev–Trinajstić information content (AvgIpc) is 2.18. The fourth-order valence-corrected chi connectivity index (χ4v) is 1.58. The molecule has 0 fully saturated rings. The van der Waals surface area contributed by atoms with E-state index in [4.69, 9.17) is 11.0 Å². The molecule has 0 aliphatic carbocycles. The maximum atomic E-state index is 10.8. The van der Waals surface area contributed by atoms with Crippen LogP contribution in [-0.4, -0.2) is 5.91 Å². The lowest BCUT2D eigenvalue weighted by molar-refractivity contribution is -0.118. The number of primary amides is 1. The summed E-state index contributed by atoms with van der Waals surface area (Å²) in [5.41, 5.74) is 6.27. The lowest BCUT2D eigenvalue weighted by Crippen LogP contribution is -2.17. The number of hydrogen-bond donors (Lipinski definition) is 1. The van der Waals surface area contributed by atoms with Crippen LogP contribution in [0.5, 0.6) is 0 Å². The summed E-state index contributed by atoms with van der Waals surface area (Å²) in [5, 5.41) is 8.63. The smallest absolute Gasteiger partial charge is 0.217 e. The number of hydrogen-bond acceptors (Lipinski definition) is 2. The molecule has 1 amide bonds. The normalized spacial score (nSPS) is 11.7. The number of benzene rings is 1. The highest BCUT2D eigenvalue weighted by Gasteiger charge is 2.12. The van der Waals surface area contributed by atoms with E-state index < -0.39 is 0 Å². The van der Waals surface area contributed by atoms with Crippen molar-refractivity contribution < 1.29 is 4.79 Å². The minimum Gasteiger partial charge on any atom is -0.370 e. The van der Waals surface area contributed by atoms with Crippen LogP contribution in [0.4, 0.5) is 0 Å². The number of carbonyl (C=O) groups is 1. The minimum absolute atomic E-state index is 0.0369. The average molecular weight is 202 g/mol. The maximum absolute atomic E-state index is 10.8. The van der Waals surface area contributed by atoms with Gasteiger partial charge in [0.2, 0.25) is 5.91 Å². The first kappa shape index (κ1) is 11.3. The minimum atomic E-state index is -0.341. The summed E-state index contributed by atoms with van der Waals surface area (Å²) in [5.74, 6) is -0.305. The molecule has 1 rings (SSSR count). The fraction of sp³-hybridized carbons (Fsp3) is 0.333. The van der Waals surface area contributed by atoms with Gasteiger partial charge in [0.15, 0.2) is 0 Å². The first-order chi connectivity index (χ1) is 7.22. The van der Waals surface area contributed by atoms with Gasteiger partial charge in [-0.15, -0.1) is 0 Å². The number of nitriles is 1. The van der Waals surface area contributed by atoms with E-state index in [0.29, 0.717) is 6.42 Å². The quantitative estimate of drug-likeness (QED) is 0.788. The SMILES string of the molecule is N#CCC(CC(N)=O)Cc1ccccc1. The van der Waals surface area contributed by atoms with Crippen LogP contribution < -0.4 is 5.73 Å². The number of nitrogens with two attached hydrogens (primary N) is 1. The van der Waals surface area contributed by atoms with Gasteiger partial charge >= 0.3 is 0 Å². The number of nitrogens with zero attached hydrogens (tertiary/aromatic N) is 1. The molecular weight excluding hydrogens is 188 g/mol. The van der Waals surface area contributed by atoms with Gasteiger partial charge in [-0.2, -0.15) is 5.26 Å². The lowest BCUT2D eigenvalue weighted by Gasteiger charge is -2.10. The number of rotatable bonds is 5. The Morgan fingerprint density at radius 2 is 2.07 bits per heavy atom. The van der Waals surface area contributed by atoms with Crippen molar-refractivity contribution in [3.05, 3.63) is 35.9 Å². The molecular formula is C12H14N2O. The molecule has 0 saturated heterocycles. The third kappa shape index (κ3) is 4.28. The third-order valence-corrected chi connectivity index (χ3v) is 2.24. The van der Waals surface area contributed by atoms with Crippen molar-refractivity contribution in [3.63, 3.8) is 0 Å². The second-order valence-corrected chi connectivity index (χ2v) is 3.59. The first-order valence-corrected chi connectivity index (χ1v) is 4.91. The summed E-state index contributed by atoms with van der Waals surface area (Å²) in [6.45, 7) is 0. The van der Waals surface area contributed by atoms with Crippen LogP contribution in [0.2, 0.25) is 0 Å². The van der Waals surface area contributed by atoms with Crippen molar-refractivity contribution in [2.75, 3.05) is 0 Å². The molecule has 78 valence electrons. The van der Waals surface area contributed by atoms with Crippen LogP contribution in [0.1, 0.15) is 18.4 Å². The zero-order valence-corrected chi connectivity index (χ0v) is 8.52. The van der Waals surface area contributed by atoms with Crippen LogP contribution in [0, 0.1) is 17.2 Å². The number of amides is 1. The van der Waals surface area contributed by atoms with Gasteiger partial charge in [0.25, 0.3) is 0 Å². The molecule has 0 heterocycles. The highest BCUT2D eigenvalue weighted by atomic mass is 16.1. The van der Waals surface area contributed by atoms with Crippen molar-refractivity contribution in [1.29, 1.82) is 5.26 Å². The Hall–Kier alpha value is -1.82. The highest BCUT2D eigenvalue weighted by Crippen LogP contribution is 2.15. The number of carbonyl (C=O) groups excluding carboxylic acids is 1. The molecule has 0 radical (unpaired) electrons. The summed E-state index contributed by atoms with van der Waals surface area (Å²) < 4.78 is 0. The second-order valence-electron chi connectivity index (χ2n) is 3.59. The second kappa shape index (κ2) is 5.82. The Balaban J connectivity index is 2.59. The largest absolute Gasteiger partial charge is 0.370 e. The molecule has 0 aliphatic heterocycles. The molecule has 15 heavy (non-hydrogen) atoms. The van der Waals surface area contributed by atoms with Gasteiger partial charge in [-0.1, -0.05) is 30.3 Å². The summed E-state index contributed by atoms with van der Waals surface area (Å²) in [4.78, 5) is 10.8. The summed E-state index contributed by atoms with van der Waals surface area (Å²) >= 11 is 0. The van der Waals surface area contributed by atoms with Crippen molar-refractivity contribution in [2.24, 2.45) is 11.7 Å². The van der Waals surface area contributed by atoms with Crippen LogP contribution in [0.25, 0.3) is 0 Å². The molecule has 0 bridgehead atoms. The molecule has 3 nitrogen and oxygen atoms in total. The lowest BCUT2D eigenvalue weighted by atomic mass is 9.93. The predicted molar refractivity (Wildman–Crippen MR) is 57.7 cm³/mol. The van der Waals surface area contributed by atoms with Crippen LogP contribution in [0.15, 0.2) is 30.3 Å². The van der Waals surface area contributed by atoms with Gasteiger partial charge in [-0.3, -0.25) is 4.79 Å². The summed E-state index contributed by atoms with van der Waals surface area (Å²) in [6.07, 6.45) is 1.39. The Kier molecular flexibility index (Phi) is 4.36. The van der Waals surface area contributed by atoms with Crippen molar-refractivity contribution >= 4 is 5.91 Å². The standard InChI is InChI=1S/C12H14N2O/c13-7-6-11(9-12(14)15)8-10-4-2-1-3-5-10/h1-5,11H,6,8-9H2,(H2,14,15). The van der Waals surface area contributed by atoms with E-state index in [1.165, 1.54) is 0 Å². The van der Waals surface area contributed by atoms with E-state index in [2.05, 4.69) is 6.07 Å². The van der Waals surface area contributed by atoms with Gasteiger partial charge in [0.05, 0.1) is 6.07 Å². The molecule has 1 atom stereocenters. The van der Waals surface area contributed by atoms with Gasteiger partial charge in [0.1, 0.15) is 0 Å². The van der Waals surface area contributed by atoms with Gasteiger partial charge in [0, 0.05) is 12.8 Å². The fourth-order valence-electron chi connectivity index (χ4n) is 1.58. The van der Waals surface area contributed by atoms with Crippen LogP contribution in [-0.2, 0) is 11.2 Å². The molecule has 0 aromatic heterocycles. The van der Waals surface area contributed by atoms with E-state index in [1.54, 1.807) is 0 Å². The van der Waals surface area contributed by atoms with Crippen LogP contribution in [0.3, 0.4) is 0 Å². The van der Waals surface area contributed by atoms with Crippen molar-refractivity contribution in [1.82, 2.24) is 0 Å². The molecule has 1 aromatic carbocycles. The van der Waals surface area contributed by atoms with Crippen molar-refractivity contribution in [3.8, 4) is 6.07 Å². The Morgan fingerprint density at radius 1 is 1.40 bits per heavy atom. The Bertz CT molecular complexity index is 354. The molecule has 1 unspecified atom stereocenters. The van der Waals surface area contributed by atoms with Crippen molar-refractivity contribution in [2.45, 2.75) is 19.3 Å². The van der Waals surface area contributed by atoms with E-state index >= 15 is 0 Å². The molecule has 2 N–H and O–H groups in total. The third-order valence-electron chi connectivity index (χ3n) is 2.24. The Morgan fingerprint density at radius 3 is 2.60 bits per heavy atom. The Labute approximate surface area is 89.5 Å². The zero-order valence-electron chi connectivity index (χ0n) is 8.52. The van der Waals surface area contributed by atoms with E-state index in [1.807, 2.05) is 30.3 Å².